The number of thioether (sulfide) groups is 1. The van der Waals surface area contributed by atoms with Gasteiger partial charge in [-0.1, -0.05) is 103 Å². The Hall–Kier alpha value is -5.34. The van der Waals surface area contributed by atoms with E-state index in [0.717, 1.165) is 27.8 Å². The van der Waals surface area contributed by atoms with E-state index in [4.69, 9.17) is 19.2 Å². The summed E-state index contributed by atoms with van der Waals surface area (Å²) >= 11 is 1.72. The zero-order chi connectivity index (χ0) is 38.1. The van der Waals surface area contributed by atoms with Gasteiger partial charge in [-0.15, -0.1) is 11.8 Å². The van der Waals surface area contributed by atoms with Crippen LogP contribution in [0.1, 0.15) is 68.6 Å². The van der Waals surface area contributed by atoms with Crippen LogP contribution in [0.15, 0.2) is 138 Å². The van der Waals surface area contributed by atoms with Crippen molar-refractivity contribution in [2.45, 2.75) is 63.5 Å². The lowest BCUT2D eigenvalue weighted by atomic mass is 9.84. The largest absolute Gasteiger partial charge is 0.496 e. The van der Waals surface area contributed by atoms with Crippen molar-refractivity contribution in [1.82, 2.24) is 5.32 Å². The fourth-order valence-corrected chi connectivity index (χ4v) is 7.40. The molecule has 0 saturated carbocycles. The fraction of sp³-hybridized carbons (Fsp3) is 0.267. The van der Waals surface area contributed by atoms with Crippen molar-refractivity contribution in [3.63, 3.8) is 0 Å². The number of ether oxygens (including phenoxy) is 3. The SMILES string of the molecule is COc1cc(N=C[C@H](CSC(c2ccccc2)(c2ccccc2)c2ccccc2)NC(=O)OC(C)(C)C)ccc1-c1cccc(C(=O)OC(C)(C)C)c1. The molecule has 0 saturated heterocycles. The molecular weight excluding hydrogens is 681 g/mol. The third-order valence-electron chi connectivity index (χ3n) is 8.12. The van der Waals surface area contributed by atoms with Gasteiger partial charge in [0.15, 0.2) is 0 Å². The predicted octanol–water partition coefficient (Wildman–Crippen LogP) is 10.6. The van der Waals surface area contributed by atoms with Gasteiger partial charge in [-0.3, -0.25) is 4.99 Å². The van der Waals surface area contributed by atoms with Gasteiger partial charge in [-0.05, 0) is 88.1 Å². The molecule has 5 aromatic carbocycles. The number of methoxy groups -OCH3 is 1. The molecule has 0 aromatic heterocycles. The quantitative estimate of drug-likeness (QED) is 0.0782. The number of amides is 1. The molecule has 7 nitrogen and oxygen atoms in total. The van der Waals surface area contributed by atoms with Crippen LogP contribution in [-0.2, 0) is 14.2 Å². The number of hydrogen-bond donors (Lipinski definition) is 1. The fourth-order valence-electron chi connectivity index (χ4n) is 5.89. The zero-order valence-electron chi connectivity index (χ0n) is 31.5. The van der Waals surface area contributed by atoms with E-state index >= 15 is 0 Å². The zero-order valence-corrected chi connectivity index (χ0v) is 32.3. The summed E-state index contributed by atoms with van der Waals surface area (Å²) in [6.45, 7) is 11.0. The molecule has 274 valence electrons. The molecule has 5 rings (SSSR count). The maximum atomic E-state index is 13.2. The highest BCUT2D eigenvalue weighted by Crippen LogP contribution is 2.48. The number of alkyl carbamates (subject to hydrolysis) is 1. The topological polar surface area (TPSA) is 86.2 Å². The van der Waals surface area contributed by atoms with Crippen molar-refractivity contribution in [2.75, 3.05) is 12.9 Å². The Bertz CT molecular complexity index is 1910. The maximum Gasteiger partial charge on any atom is 0.408 e. The molecular formula is C45H48N2O5S. The average Bonchev–Trinajstić information content (AvgIpc) is 3.13. The van der Waals surface area contributed by atoms with Crippen molar-refractivity contribution in [3.05, 3.63) is 156 Å². The van der Waals surface area contributed by atoms with Crippen molar-refractivity contribution in [1.29, 1.82) is 0 Å². The summed E-state index contributed by atoms with van der Waals surface area (Å²) in [7, 11) is 1.60. The normalized spacial score (nSPS) is 12.6. The number of nitrogens with one attached hydrogen (secondary N) is 1. The number of carbonyl (C=O) groups is 2. The van der Waals surface area contributed by atoms with Crippen LogP contribution in [0, 0.1) is 0 Å². The second-order valence-electron chi connectivity index (χ2n) is 14.6. The van der Waals surface area contributed by atoms with Gasteiger partial charge in [0.1, 0.15) is 17.0 Å². The standard InChI is InChI=1S/C45H48N2O5S/c1-43(2,3)51-41(48)33-19-17-18-32(28-33)39-27-26-37(29-40(39)50-7)46-30-38(47-42(49)52-44(4,5)6)31-53-45(34-20-11-8-12-21-34,35-22-13-9-14-23-35)36-24-15-10-16-25-36/h8-30,38H,31H2,1-7H3,(H,47,49)/t38-/m1/s1. The highest BCUT2D eigenvalue weighted by Gasteiger charge is 2.37. The summed E-state index contributed by atoms with van der Waals surface area (Å²) in [4.78, 5) is 30.9. The maximum absolute atomic E-state index is 13.2. The van der Waals surface area contributed by atoms with Crippen molar-refractivity contribution < 1.29 is 23.8 Å². The Kier molecular flexibility index (Phi) is 12.5. The van der Waals surface area contributed by atoms with Crippen LogP contribution >= 0.6 is 11.8 Å². The summed E-state index contributed by atoms with van der Waals surface area (Å²) in [5.74, 6) is 0.661. The van der Waals surface area contributed by atoms with Crippen molar-refractivity contribution in [3.8, 4) is 16.9 Å². The van der Waals surface area contributed by atoms with Gasteiger partial charge in [-0.2, -0.15) is 0 Å². The Morgan fingerprint density at radius 3 is 1.75 bits per heavy atom. The Labute approximate surface area is 317 Å². The van der Waals surface area contributed by atoms with Crippen LogP contribution in [0.5, 0.6) is 5.75 Å². The van der Waals surface area contributed by atoms with Crippen LogP contribution < -0.4 is 10.1 Å². The molecule has 0 aliphatic carbocycles. The summed E-state index contributed by atoms with van der Waals surface area (Å²) in [6, 6.07) is 43.7. The van der Waals surface area contributed by atoms with Gasteiger partial charge in [0.05, 0.1) is 29.1 Å². The Morgan fingerprint density at radius 1 is 0.698 bits per heavy atom. The van der Waals surface area contributed by atoms with Gasteiger partial charge >= 0.3 is 12.1 Å². The van der Waals surface area contributed by atoms with Gasteiger partial charge in [-0.25, -0.2) is 9.59 Å². The molecule has 0 radical (unpaired) electrons. The van der Waals surface area contributed by atoms with E-state index in [1.165, 1.54) is 0 Å². The highest BCUT2D eigenvalue weighted by atomic mass is 32.2. The van der Waals surface area contributed by atoms with Gasteiger partial charge < -0.3 is 19.5 Å². The second kappa shape index (κ2) is 17.0. The molecule has 53 heavy (non-hydrogen) atoms. The number of aliphatic imine (C=N–C) groups is 1. The van der Waals surface area contributed by atoms with E-state index in [9.17, 15) is 9.59 Å². The van der Waals surface area contributed by atoms with E-state index in [0.29, 0.717) is 22.8 Å². The summed E-state index contributed by atoms with van der Waals surface area (Å²) in [5, 5.41) is 3.06. The monoisotopic (exact) mass is 728 g/mol. The number of hydrogen-bond acceptors (Lipinski definition) is 7. The molecule has 0 spiro atoms. The third-order valence-corrected chi connectivity index (χ3v) is 9.79. The van der Waals surface area contributed by atoms with Crippen LogP contribution in [-0.4, -0.2) is 48.4 Å². The average molecular weight is 729 g/mol. The van der Waals surface area contributed by atoms with E-state index < -0.39 is 34.1 Å². The molecule has 0 aliphatic rings. The molecule has 0 unspecified atom stereocenters. The van der Waals surface area contributed by atoms with Crippen molar-refractivity contribution >= 4 is 35.7 Å². The first-order chi connectivity index (χ1) is 25.3. The van der Waals surface area contributed by atoms with Gasteiger partial charge in [0.25, 0.3) is 0 Å². The lowest BCUT2D eigenvalue weighted by Gasteiger charge is -2.36. The first kappa shape index (κ1) is 38.9. The third kappa shape index (κ3) is 10.4. The van der Waals surface area contributed by atoms with Gasteiger partial charge in [0.2, 0.25) is 0 Å². The summed E-state index contributed by atoms with van der Waals surface area (Å²) in [6.07, 6.45) is 1.22. The number of esters is 1. The minimum Gasteiger partial charge on any atom is -0.496 e. The van der Waals surface area contributed by atoms with E-state index in [-0.39, 0.29) is 0 Å². The molecule has 0 heterocycles. The molecule has 1 atom stereocenters. The van der Waals surface area contributed by atoms with E-state index in [1.54, 1.807) is 37.2 Å². The highest BCUT2D eigenvalue weighted by molar-refractivity contribution is 8.00. The minimum absolute atomic E-state index is 0.392. The molecule has 8 heteroatoms. The van der Waals surface area contributed by atoms with Crippen LogP contribution in [0.3, 0.4) is 0 Å². The molecule has 5 aromatic rings. The Balaban J connectivity index is 1.49. The molecule has 1 amide bonds. The van der Waals surface area contributed by atoms with Crippen LogP contribution in [0.2, 0.25) is 0 Å². The minimum atomic E-state index is -0.676. The first-order valence-corrected chi connectivity index (χ1v) is 18.6. The second-order valence-corrected chi connectivity index (χ2v) is 15.8. The summed E-state index contributed by atoms with van der Waals surface area (Å²) in [5.41, 5.74) is 4.76. The lowest BCUT2D eigenvalue weighted by Crippen LogP contribution is -2.42. The number of carbonyl (C=O) groups excluding carboxylic acids is 2. The predicted molar refractivity (Wildman–Crippen MR) is 217 cm³/mol. The number of rotatable bonds is 12. The van der Waals surface area contributed by atoms with Crippen LogP contribution in [0.4, 0.5) is 10.5 Å². The number of nitrogens with zero attached hydrogens (tertiary/aromatic N) is 1. The van der Waals surface area contributed by atoms with E-state index in [2.05, 4.69) is 78.1 Å². The summed E-state index contributed by atoms with van der Waals surface area (Å²) < 4.78 is 16.5. The number of benzene rings is 5. The van der Waals surface area contributed by atoms with Crippen molar-refractivity contribution in [2.24, 2.45) is 4.99 Å². The molecule has 0 bridgehead atoms. The van der Waals surface area contributed by atoms with Gasteiger partial charge in [0, 0.05) is 23.6 Å². The Morgan fingerprint density at radius 2 is 1.25 bits per heavy atom. The van der Waals surface area contributed by atoms with E-state index in [1.807, 2.05) is 90.1 Å². The smallest absolute Gasteiger partial charge is 0.408 e. The molecule has 1 N–H and O–H groups in total. The van der Waals surface area contributed by atoms with Crippen LogP contribution in [0.25, 0.3) is 11.1 Å². The lowest BCUT2D eigenvalue weighted by molar-refractivity contribution is 0.00692. The molecule has 0 aliphatic heterocycles. The molecule has 0 fully saturated rings. The first-order valence-electron chi connectivity index (χ1n) is 17.6.